The lowest BCUT2D eigenvalue weighted by Gasteiger charge is -2.16. The van der Waals surface area contributed by atoms with Gasteiger partial charge in [0.2, 0.25) is 0 Å². The molecular formula is C13H19NO4. The third kappa shape index (κ3) is 2.81. The minimum atomic E-state index is -1.03. The Hall–Kier alpha value is -1.14. The maximum atomic E-state index is 9.76. The van der Waals surface area contributed by atoms with Gasteiger partial charge in [0, 0.05) is 12.2 Å². The summed E-state index contributed by atoms with van der Waals surface area (Å²) in [4.78, 5) is 0. The van der Waals surface area contributed by atoms with Crippen LogP contribution in [0.2, 0.25) is 0 Å². The van der Waals surface area contributed by atoms with Gasteiger partial charge in [-0.05, 0) is 19.1 Å². The third-order valence-electron chi connectivity index (χ3n) is 3.20. The van der Waals surface area contributed by atoms with Crippen LogP contribution in [0.25, 0.3) is 0 Å². The van der Waals surface area contributed by atoms with Gasteiger partial charge in [-0.2, -0.15) is 0 Å². The molecule has 0 amide bonds. The van der Waals surface area contributed by atoms with Crippen LogP contribution in [-0.2, 0) is 4.74 Å². The molecule has 4 atom stereocenters. The highest BCUT2D eigenvalue weighted by molar-refractivity contribution is 5.44. The minimum Gasteiger partial charge on any atom is -0.394 e. The quantitative estimate of drug-likeness (QED) is 0.602. The van der Waals surface area contributed by atoms with Gasteiger partial charge in [0.15, 0.2) is 0 Å². The van der Waals surface area contributed by atoms with E-state index in [4.69, 9.17) is 9.84 Å². The van der Waals surface area contributed by atoms with Crippen molar-refractivity contribution in [1.82, 2.24) is 0 Å². The van der Waals surface area contributed by atoms with Crippen LogP contribution in [0.5, 0.6) is 0 Å². The van der Waals surface area contributed by atoms with Crippen molar-refractivity contribution in [2.75, 3.05) is 18.5 Å². The van der Waals surface area contributed by atoms with Crippen molar-refractivity contribution in [1.29, 1.82) is 0 Å². The number of ether oxygens (including phenoxy) is 1. The van der Waals surface area contributed by atoms with Gasteiger partial charge in [0.05, 0.1) is 6.61 Å². The minimum absolute atomic E-state index is 0.292. The second kappa shape index (κ2) is 5.67. The molecule has 1 saturated heterocycles. The predicted molar refractivity (Wildman–Crippen MR) is 67.4 cm³/mol. The maximum Gasteiger partial charge on any atom is 0.111 e. The first-order valence-corrected chi connectivity index (χ1v) is 6.05. The molecule has 4 N–H and O–H groups in total. The molecule has 100 valence electrons. The van der Waals surface area contributed by atoms with Crippen LogP contribution in [0.4, 0.5) is 5.69 Å². The Kier molecular flexibility index (Phi) is 4.19. The zero-order chi connectivity index (χ0) is 13.1. The van der Waals surface area contributed by atoms with E-state index in [-0.39, 0.29) is 6.61 Å². The fraction of sp³-hybridized carbons (Fsp3) is 0.538. The molecule has 0 saturated carbocycles. The molecule has 2 rings (SSSR count). The van der Waals surface area contributed by atoms with Crippen molar-refractivity contribution in [2.24, 2.45) is 0 Å². The number of aliphatic hydroxyl groups excluding tert-OH is 3. The highest BCUT2D eigenvalue weighted by atomic mass is 16.6. The number of hydrogen-bond acceptors (Lipinski definition) is 5. The Morgan fingerprint density at radius 1 is 1.11 bits per heavy atom. The Balaban J connectivity index is 1.89. The summed E-state index contributed by atoms with van der Waals surface area (Å²) in [6.07, 6.45) is -3.22. The zero-order valence-corrected chi connectivity index (χ0v) is 10.3. The van der Waals surface area contributed by atoms with Gasteiger partial charge in [-0.15, -0.1) is 0 Å². The van der Waals surface area contributed by atoms with E-state index in [1.54, 1.807) is 0 Å². The number of benzene rings is 1. The molecule has 1 fully saturated rings. The van der Waals surface area contributed by atoms with Gasteiger partial charge in [0.25, 0.3) is 0 Å². The van der Waals surface area contributed by atoms with Crippen LogP contribution >= 0.6 is 0 Å². The molecule has 5 nitrogen and oxygen atoms in total. The molecule has 5 heteroatoms. The summed E-state index contributed by atoms with van der Waals surface area (Å²) in [5.74, 6) is 0. The molecule has 1 aromatic carbocycles. The second-order valence-corrected chi connectivity index (χ2v) is 4.62. The van der Waals surface area contributed by atoms with Crippen LogP contribution < -0.4 is 5.32 Å². The van der Waals surface area contributed by atoms with Crippen LogP contribution in [-0.4, -0.2) is 52.9 Å². The molecule has 0 aliphatic carbocycles. The van der Waals surface area contributed by atoms with E-state index in [1.807, 2.05) is 31.2 Å². The number of rotatable bonds is 4. The monoisotopic (exact) mass is 253 g/mol. The predicted octanol–water partition coefficient (Wildman–Crippen LogP) is -0.112. The van der Waals surface area contributed by atoms with E-state index in [1.165, 1.54) is 5.56 Å². The van der Waals surface area contributed by atoms with Crippen molar-refractivity contribution in [3.63, 3.8) is 0 Å². The van der Waals surface area contributed by atoms with E-state index >= 15 is 0 Å². The van der Waals surface area contributed by atoms with E-state index in [0.29, 0.717) is 6.54 Å². The van der Waals surface area contributed by atoms with Crippen molar-refractivity contribution < 1.29 is 20.1 Å². The summed E-state index contributed by atoms with van der Waals surface area (Å²) < 4.78 is 5.37. The van der Waals surface area contributed by atoms with E-state index in [2.05, 4.69) is 5.32 Å². The largest absolute Gasteiger partial charge is 0.394 e. The molecule has 0 unspecified atom stereocenters. The molecule has 1 aromatic rings. The summed E-state index contributed by atoms with van der Waals surface area (Å²) >= 11 is 0. The Morgan fingerprint density at radius 2 is 1.72 bits per heavy atom. The molecule has 1 aliphatic rings. The average Bonchev–Trinajstić information content (AvgIpc) is 2.65. The first-order chi connectivity index (χ1) is 8.61. The van der Waals surface area contributed by atoms with Gasteiger partial charge in [-0.3, -0.25) is 0 Å². The Labute approximate surface area is 106 Å². The molecule has 0 radical (unpaired) electrons. The zero-order valence-electron chi connectivity index (χ0n) is 10.3. The lowest BCUT2D eigenvalue weighted by atomic mass is 10.1. The molecule has 1 heterocycles. The van der Waals surface area contributed by atoms with Crippen molar-refractivity contribution >= 4 is 5.69 Å². The molecular weight excluding hydrogens is 234 g/mol. The van der Waals surface area contributed by atoms with Crippen molar-refractivity contribution in [2.45, 2.75) is 31.3 Å². The lowest BCUT2D eigenvalue weighted by Crippen LogP contribution is -2.36. The van der Waals surface area contributed by atoms with Gasteiger partial charge < -0.3 is 25.4 Å². The molecule has 0 aromatic heterocycles. The van der Waals surface area contributed by atoms with Gasteiger partial charge >= 0.3 is 0 Å². The van der Waals surface area contributed by atoms with E-state index in [0.717, 1.165) is 5.69 Å². The number of nitrogens with one attached hydrogen (secondary N) is 1. The number of anilines is 1. The Bertz CT molecular complexity index is 381. The van der Waals surface area contributed by atoms with Gasteiger partial charge in [-0.1, -0.05) is 17.7 Å². The van der Waals surface area contributed by atoms with Crippen molar-refractivity contribution in [3.05, 3.63) is 29.8 Å². The number of hydrogen-bond donors (Lipinski definition) is 4. The summed E-state index contributed by atoms with van der Waals surface area (Å²) in [7, 11) is 0. The van der Waals surface area contributed by atoms with Gasteiger partial charge in [0.1, 0.15) is 24.4 Å². The first kappa shape index (κ1) is 13.3. The Morgan fingerprint density at radius 3 is 2.28 bits per heavy atom. The van der Waals surface area contributed by atoms with E-state index in [9.17, 15) is 10.2 Å². The number of aliphatic hydroxyl groups is 3. The summed E-state index contributed by atoms with van der Waals surface area (Å²) in [6, 6.07) is 7.85. The highest BCUT2D eigenvalue weighted by Crippen LogP contribution is 2.21. The normalized spacial score (nSPS) is 31.6. The molecule has 0 bridgehead atoms. The molecule has 1 aliphatic heterocycles. The first-order valence-electron chi connectivity index (χ1n) is 6.05. The third-order valence-corrected chi connectivity index (χ3v) is 3.20. The van der Waals surface area contributed by atoms with Crippen LogP contribution in [0.1, 0.15) is 5.56 Å². The lowest BCUT2D eigenvalue weighted by molar-refractivity contribution is -0.0184. The summed E-state index contributed by atoms with van der Waals surface area (Å²) in [6.45, 7) is 2.10. The molecule has 0 spiro atoms. The van der Waals surface area contributed by atoms with Crippen LogP contribution in [0.3, 0.4) is 0 Å². The van der Waals surface area contributed by atoms with Crippen LogP contribution in [0, 0.1) is 6.92 Å². The number of aryl methyl sites for hydroxylation is 1. The fourth-order valence-corrected chi connectivity index (χ4v) is 2.04. The fourth-order valence-electron chi connectivity index (χ4n) is 2.04. The SMILES string of the molecule is Cc1ccc(NC[C@H]2O[C@@H](CO)[C@@H](O)[C@H]2O)cc1. The topological polar surface area (TPSA) is 82.0 Å². The second-order valence-electron chi connectivity index (χ2n) is 4.62. The average molecular weight is 253 g/mol. The summed E-state index contributed by atoms with van der Waals surface area (Å²) in [5, 5.41) is 31.5. The molecule has 18 heavy (non-hydrogen) atoms. The van der Waals surface area contributed by atoms with Crippen LogP contribution in [0.15, 0.2) is 24.3 Å². The smallest absolute Gasteiger partial charge is 0.111 e. The van der Waals surface area contributed by atoms with E-state index < -0.39 is 24.4 Å². The van der Waals surface area contributed by atoms with Gasteiger partial charge in [-0.25, -0.2) is 0 Å². The maximum absolute atomic E-state index is 9.76. The highest BCUT2D eigenvalue weighted by Gasteiger charge is 2.41. The van der Waals surface area contributed by atoms with Crippen molar-refractivity contribution in [3.8, 4) is 0 Å². The standard InChI is InChI=1S/C13H19NO4/c1-8-2-4-9(5-3-8)14-6-10-12(16)13(17)11(7-15)18-10/h2-5,10-17H,6-7H2,1H3/t10-,11+,12+,13-/m1/s1. The summed E-state index contributed by atoms with van der Waals surface area (Å²) in [5.41, 5.74) is 2.10.